The van der Waals surface area contributed by atoms with Crippen LogP contribution in [0.4, 0.5) is 14.5 Å². The number of hydrogen-bond acceptors (Lipinski definition) is 4. The van der Waals surface area contributed by atoms with E-state index in [4.69, 9.17) is 0 Å². The lowest BCUT2D eigenvalue weighted by Crippen LogP contribution is -2.34. The molecule has 0 aliphatic rings. The van der Waals surface area contributed by atoms with E-state index in [0.717, 1.165) is 0 Å². The average molecular weight is 320 g/mol. The van der Waals surface area contributed by atoms with Crippen LogP contribution in [0.3, 0.4) is 0 Å². The summed E-state index contributed by atoms with van der Waals surface area (Å²) in [6, 6.07) is 0.475. The maximum absolute atomic E-state index is 13.6. The number of halogens is 2. The maximum Gasteiger partial charge on any atom is 0.307 e. The number of nitro benzene ring substituents is 1. The summed E-state index contributed by atoms with van der Waals surface area (Å²) < 4.78 is 38.0. The van der Waals surface area contributed by atoms with Crippen molar-refractivity contribution in [1.82, 2.24) is 5.32 Å². The Morgan fingerprint density at radius 1 is 1.43 bits per heavy atom. The van der Waals surface area contributed by atoms with E-state index in [-0.39, 0.29) is 6.04 Å². The van der Waals surface area contributed by atoms with Crippen LogP contribution in [0.15, 0.2) is 12.1 Å². The molecule has 0 bridgehead atoms. The van der Waals surface area contributed by atoms with Gasteiger partial charge in [0, 0.05) is 28.9 Å². The largest absolute Gasteiger partial charge is 0.349 e. The van der Waals surface area contributed by atoms with Crippen molar-refractivity contribution in [2.75, 3.05) is 12.0 Å². The van der Waals surface area contributed by atoms with E-state index >= 15 is 0 Å². The SMILES string of the molecule is CC(CCS(C)=O)NC(=O)c1cc(F)c([N+](=O)[O-])cc1F. The van der Waals surface area contributed by atoms with Gasteiger partial charge in [-0.25, -0.2) is 4.39 Å². The van der Waals surface area contributed by atoms with E-state index in [1.807, 2.05) is 0 Å². The Bertz CT molecular complexity index is 595. The van der Waals surface area contributed by atoms with Crippen molar-refractivity contribution in [2.24, 2.45) is 0 Å². The van der Waals surface area contributed by atoms with Crippen molar-refractivity contribution in [1.29, 1.82) is 0 Å². The summed E-state index contributed by atoms with van der Waals surface area (Å²) >= 11 is 0. The van der Waals surface area contributed by atoms with Gasteiger partial charge in [0.25, 0.3) is 5.91 Å². The number of nitro groups is 1. The van der Waals surface area contributed by atoms with Crippen LogP contribution < -0.4 is 5.32 Å². The number of amides is 1. The zero-order chi connectivity index (χ0) is 16.2. The predicted octanol–water partition coefficient (Wildman–Crippen LogP) is 1.76. The predicted molar refractivity (Wildman–Crippen MR) is 73.5 cm³/mol. The third-order valence-electron chi connectivity index (χ3n) is 2.69. The number of rotatable bonds is 6. The van der Waals surface area contributed by atoms with Crippen LogP contribution in [0.1, 0.15) is 23.7 Å². The summed E-state index contributed by atoms with van der Waals surface area (Å²) in [7, 11) is -1.02. The van der Waals surface area contributed by atoms with Gasteiger partial charge in [-0.2, -0.15) is 4.39 Å². The first-order valence-corrected chi connectivity index (χ1v) is 7.69. The average Bonchev–Trinajstić information content (AvgIpc) is 2.38. The second-order valence-corrected chi connectivity index (χ2v) is 6.04. The minimum absolute atomic E-state index is 0.360. The molecule has 0 aliphatic carbocycles. The number of benzene rings is 1. The number of carbonyl (C=O) groups is 1. The lowest BCUT2D eigenvalue weighted by Gasteiger charge is -2.13. The topological polar surface area (TPSA) is 89.3 Å². The van der Waals surface area contributed by atoms with Crippen molar-refractivity contribution in [3.63, 3.8) is 0 Å². The number of hydrogen-bond donors (Lipinski definition) is 1. The normalized spacial score (nSPS) is 13.5. The van der Waals surface area contributed by atoms with Crippen molar-refractivity contribution in [3.8, 4) is 0 Å². The van der Waals surface area contributed by atoms with Crippen molar-refractivity contribution in [3.05, 3.63) is 39.4 Å². The lowest BCUT2D eigenvalue weighted by atomic mass is 10.1. The Morgan fingerprint density at radius 3 is 2.57 bits per heavy atom. The third kappa shape index (κ3) is 4.85. The van der Waals surface area contributed by atoms with E-state index in [0.29, 0.717) is 24.3 Å². The lowest BCUT2D eigenvalue weighted by molar-refractivity contribution is -0.387. The van der Waals surface area contributed by atoms with Gasteiger partial charge in [0.1, 0.15) is 5.82 Å². The molecule has 1 aromatic rings. The van der Waals surface area contributed by atoms with Gasteiger partial charge in [-0.05, 0) is 19.4 Å². The molecule has 9 heteroatoms. The van der Waals surface area contributed by atoms with Crippen molar-refractivity contribution >= 4 is 22.4 Å². The minimum Gasteiger partial charge on any atom is -0.349 e. The molecule has 116 valence electrons. The molecule has 1 aromatic carbocycles. The molecule has 1 N–H and O–H groups in total. The van der Waals surface area contributed by atoms with Gasteiger partial charge in [0.05, 0.1) is 16.6 Å². The van der Waals surface area contributed by atoms with E-state index < -0.39 is 44.5 Å². The molecular weight excluding hydrogens is 306 g/mol. The van der Waals surface area contributed by atoms with Gasteiger partial charge < -0.3 is 5.32 Å². The third-order valence-corrected chi connectivity index (χ3v) is 3.50. The van der Waals surface area contributed by atoms with E-state index in [9.17, 15) is 27.9 Å². The molecule has 21 heavy (non-hydrogen) atoms. The molecule has 0 heterocycles. The maximum atomic E-state index is 13.6. The standard InChI is InChI=1S/C12H14F2N2O4S/c1-7(3-4-21(2)20)15-12(17)8-5-10(14)11(16(18)19)6-9(8)13/h5-7H,3-4H2,1-2H3,(H,15,17). The summed E-state index contributed by atoms with van der Waals surface area (Å²) in [6.45, 7) is 1.63. The Balaban J connectivity index is 2.86. The fourth-order valence-electron chi connectivity index (χ4n) is 1.57. The van der Waals surface area contributed by atoms with Gasteiger partial charge in [0.2, 0.25) is 5.82 Å². The van der Waals surface area contributed by atoms with Gasteiger partial charge in [-0.3, -0.25) is 19.1 Å². The van der Waals surface area contributed by atoms with Crippen LogP contribution in [0, 0.1) is 21.7 Å². The van der Waals surface area contributed by atoms with Gasteiger partial charge in [-0.15, -0.1) is 0 Å². The summed E-state index contributed by atoms with van der Waals surface area (Å²) in [5.41, 5.74) is -1.64. The zero-order valence-electron chi connectivity index (χ0n) is 11.4. The number of nitrogens with one attached hydrogen (secondary N) is 1. The van der Waals surface area contributed by atoms with Crippen molar-refractivity contribution in [2.45, 2.75) is 19.4 Å². The molecular formula is C12H14F2N2O4S. The first kappa shape index (κ1) is 17.2. The van der Waals surface area contributed by atoms with E-state index in [1.165, 1.54) is 6.26 Å². The van der Waals surface area contributed by atoms with Gasteiger partial charge >= 0.3 is 5.69 Å². The highest BCUT2D eigenvalue weighted by Gasteiger charge is 2.22. The summed E-state index contributed by atoms with van der Waals surface area (Å²) in [6.07, 6.45) is 1.92. The smallest absolute Gasteiger partial charge is 0.307 e. The van der Waals surface area contributed by atoms with Crippen LogP contribution in [-0.2, 0) is 10.8 Å². The molecule has 0 saturated heterocycles. The molecule has 2 unspecified atom stereocenters. The first-order valence-electron chi connectivity index (χ1n) is 5.96. The fraction of sp³-hybridized carbons (Fsp3) is 0.417. The number of carbonyl (C=O) groups excluding carboxylic acids is 1. The Hall–Kier alpha value is -1.90. The molecule has 6 nitrogen and oxygen atoms in total. The molecule has 1 amide bonds. The summed E-state index contributed by atoms with van der Waals surface area (Å²) in [4.78, 5) is 21.2. The van der Waals surface area contributed by atoms with Crippen LogP contribution in [-0.4, -0.2) is 33.1 Å². The molecule has 0 aliphatic heterocycles. The molecule has 1 rings (SSSR count). The van der Waals surface area contributed by atoms with Crippen LogP contribution in [0.2, 0.25) is 0 Å². The molecule has 0 radical (unpaired) electrons. The molecule has 0 saturated carbocycles. The Kier molecular flexibility index (Phi) is 5.89. The molecule has 0 fully saturated rings. The highest BCUT2D eigenvalue weighted by Crippen LogP contribution is 2.21. The minimum atomic E-state index is -1.28. The summed E-state index contributed by atoms with van der Waals surface area (Å²) in [5.74, 6) is -2.98. The van der Waals surface area contributed by atoms with E-state index in [2.05, 4.69) is 5.32 Å². The number of nitrogens with zero attached hydrogens (tertiary/aromatic N) is 1. The molecule has 2 atom stereocenters. The Labute approximate surface area is 122 Å². The monoisotopic (exact) mass is 320 g/mol. The molecule has 0 aromatic heterocycles. The summed E-state index contributed by atoms with van der Waals surface area (Å²) in [5, 5.41) is 12.9. The van der Waals surface area contributed by atoms with Gasteiger partial charge in [0.15, 0.2) is 0 Å². The second kappa shape index (κ2) is 7.21. The van der Waals surface area contributed by atoms with Crippen LogP contribution in [0.25, 0.3) is 0 Å². The highest BCUT2D eigenvalue weighted by atomic mass is 32.2. The van der Waals surface area contributed by atoms with Crippen LogP contribution >= 0.6 is 0 Å². The second-order valence-electron chi connectivity index (χ2n) is 4.48. The Morgan fingerprint density at radius 2 is 2.05 bits per heavy atom. The van der Waals surface area contributed by atoms with Crippen LogP contribution in [0.5, 0.6) is 0 Å². The zero-order valence-corrected chi connectivity index (χ0v) is 12.2. The highest BCUT2D eigenvalue weighted by molar-refractivity contribution is 7.84. The first-order chi connectivity index (χ1) is 9.72. The quantitative estimate of drug-likeness (QED) is 0.639. The van der Waals surface area contributed by atoms with Gasteiger partial charge in [-0.1, -0.05) is 0 Å². The van der Waals surface area contributed by atoms with E-state index in [1.54, 1.807) is 6.92 Å². The fourth-order valence-corrected chi connectivity index (χ4v) is 2.25. The van der Waals surface area contributed by atoms with Crippen molar-refractivity contribution < 1.29 is 22.7 Å². The molecule has 0 spiro atoms.